The Morgan fingerprint density at radius 1 is 1.47 bits per heavy atom. The molecule has 1 amide bonds. The van der Waals surface area contributed by atoms with Crippen molar-refractivity contribution in [2.45, 2.75) is 43.6 Å². The standard InChI is InChI=1S/C11H15F2N3O2S/c12-11(13,10(18)4-2-1-3-5-10)7-14-9(17)8-6-19-16-15-8/h6,18H,1-5,7H2,(H,14,17). The molecule has 1 heterocycles. The van der Waals surface area contributed by atoms with Crippen molar-refractivity contribution >= 4 is 17.4 Å². The minimum absolute atomic E-state index is 0.0106. The fourth-order valence-corrected chi connectivity index (χ4v) is 2.65. The lowest BCUT2D eigenvalue weighted by atomic mass is 9.80. The third-order valence-electron chi connectivity index (χ3n) is 3.43. The van der Waals surface area contributed by atoms with Gasteiger partial charge < -0.3 is 10.4 Å². The van der Waals surface area contributed by atoms with E-state index >= 15 is 0 Å². The van der Waals surface area contributed by atoms with Crippen LogP contribution in [0, 0.1) is 0 Å². The lowest BCUT2D eigenvalue weighted by molar-refractivity contribution is -0.191. The van der Waals surface area contributed by atoms with Crippen molar-refractivity contribution in [2.24, 2.45) is 0 Å². The second-order valence-electron chi connectivity index (χ2n) is 4.77. The van der Waals surface area contributed by atoms with Gasteiger partial charge >= 0.3 is 0 Å². The van der Waals surface area contributed by atoms with Crippen LogP contribution < -0.4 is 5.32 Å². The van der Waals surface area contributed by atoms with E-state index in [1.807, 2.05) is 0 Å². The molecule has 1 aromatic rings. The Morgan fingerprint density at radius 3 is 2.74 bits per heavy atom. The van der Waals surface area contributed by atoms with Crippen LogP contribution in [0.4, 0.5) is 8.78 Å². The summed E-state index contributed by atoms with van der Waals surface area (Å²) in [5, 5.41) is 17.0. The van der Waals surface area contributed by atoms with Gasteiger partial charge in [-0.15, -0.1) is 5.10 Å². The van der Waals surface area contributed by atoms with Gasteiger partial charge in [0, 0.05) is 5.38 Å². The number of hydrogen-bond donors (Lipinski definition) is 2. The summed E-state index contributed by atoms with van der Waals surface area (Å²) < 4.78 is 31.5. The second kappa shape index (κ2) is 5.46. The number of aromatic nitrogens is 2. The Morgan fingerprint density at radius 2 is 2.16 bits per heavy atom. The fraction of sp³-hybridized carbons (Fsp3) is 0.727. The third-order valence-corrected chi connectivity index (χ3v) is 3.93. The van der Waals surface area contributed by atoms with Crippen LogP contribution in [-0.2, 0) is 0 Å². The minimum atomic E-state index is -3.34. The van der Waals surface area contributed by atoms with Gasteiger partial charge in [-0.3, -0.25) is 4.79 Å². The first-order valence-electron chi connectivity index (χ1n) is 6.10. The van der Waals surface area contributed by atoms with Gasteiger partial charge in [0.25, 0.3) is 11.8 Å². The molecule has 0 atom stereocenters. The van der Waals surface area contributed by atoms with Gasteiger partial charge in [-0.2, -0.15) is 0 Å². The van der Waals surface area contributed by atoms with Gasteiger partial charge in [0.2, 0.25) is 0 Å². The van der Waals surface area contributed by atoms with E-state index in [9.17, 15) is 18.7 Å². The monoisotopic (exact) mass is 291 g/mol. The Kier molecular flexibility index (Phi) is 4.10. The highest BCUT2D eigenvalue weighted by Gasteiger charge is 2.52. The molecule has 0 saturated heterocycles. The maximum atomic E-state index is 14.0. The average Bonchev–Trinajstić information content (AvgIpc) is 2.91. The summed E-state index contributed by atoms with van der Waals surface area (Å²) in [6.07, 6.45) is 2.14. The average molecular weight is 291 g/mol. The van der Waals surface area contributed by atoms with Crippen molar-refractivity contribution < 1.29 is 18.7 Å². The van der Waals surface area contributed by atoms with Gasteiger partial charge in [-0.25, -0.2) is 8.78 Å². The van der Waals surface area contributed by atoms with E-state index in [-0.39, 0.29) is 18.5 Å². The van der Waals surface area contributed by atoms with Crippen molar-refractivity contribution in [1.29, 1.82) is 0 Å². The molecule has 0 aliphatic heterocycles. The number of hydrogen-bond acceptors (Lipinski definition) is 5. The quantitative estimate of drug-likeness (QED) is 0.883. The van der Waals surface area contributed by atoms with Gasteiger partial charge in [0.1, 0.15) is 5.60 Å². The van der Waals surface area contributed by atoms with Crippen molar-refractivity contribution in [3.8, 4) is 0 Å². The molecule has 1 aliphatic rings. The molecule has 8 heteroatoms. The number of carbonyl (C=O) groups is 1. The molecular formula is C11H15F2N3O2S. The zero-order valence-corrected chi connectivity index (χ0v) is 11.1. The highest BCUT2D eigenvalue weighted by atomic mass is 32.1. The van der Waals surface area contributed by atoms with Gasteiger partial charge in [-0.1, -0.05) is 23.8 Å². The van der Waals surface area contributed by atoms with Gasteiger partial charge in [0.05, 0.1) is 6.54 Å². The molecule has 0 radical (unpaired) electrons. The van der Waals surface area contributed by atoms with Crippen LogP contribution in [0.1, 0.15) is 42.6 Å². The van der Waals surface area contributed by atoms with E-state index in [1.54, 1.807) is 0 Å². The molecule has 106 valence electrons. The van der Waals surface area contributed by atoms with Crippen LogP contribution in [-0.4, -0.2) is 38.7 Å². The van der Waals surface area contributed by atoms with E-state index in [0.717, 1.165) is 18.0 Å². The molecule has 1 aromatic heterocycles. The summed E-state index contributed by atoms with van der Waals surface area (Å²) >= 11 is 0.970. The number of nitrogens with zero attached hydrogens (tertiary/aromatic N) is 2. The molecular weight excluding hydrogens is 276 g/mol. The van der Waals surface area contributed by atoms with E-state index in [4.69, 9.17) is 0 Å². The number of carbonyl (C=O) groups excluding carboxylic acids is 1. The van der Waals surface area contributed by atoms with E-state index in [1.165, 1.54) is 5.38 Å². The normalized spacial score (nSPS) is 19.1. The lowest BCUT2D eigenvalue weighted by Gasteiger charge is -2.38. The summed E-state index contributed by atoms with van der Waals surface area (Å²) in [6, 6.07) is 0. The van der Waals surface area contributed by atoms with Crippen molar-refractivity contribution in [2.75, 3.05) is 6.54 Å². The van der Waals surface area contributed by atoms with E-state index in [2.05, 4.69) is 14.9 Å². The fourth-order valence-electron chi connectivity index (χ4n) is 2.21. The summed E-state index contributed by atoms with van der Waals surface area (Å²) in [7, 11) is 0. The van der Waals surface area contributed by atoms with Crippen LogP contribution in [0.3, 0.4) is 0 Å². The predicted octanol–water partition coefficient (Wildman–Crippen LogP) is 1.60. The molecule has 1 fully saturated rings. The van der Waals surface area contributed by atoms with Crippen molar-refractivity contribution in [1.82, 2.24) is 14.9 Å². The first kappa shape index (κ1) is 14.3. The van der Waals surface area contributed by atoms with Crippen molar-refractivity contribution in [3.05, 3.63) is 11.1 Å². The molecule has 0 spiro atoms. The highest BCUT2D eigenvalue weighted by molar-refractivity contribution is 7.03. The number of halogens is 2. The van der Waals surface area contributed by atoms with Gasteiger partial charge in [-0.05, 0) is 24.4 Å². The Balaban J connectivity index is 1.95. The minimum Gasteiger partial charge on any atom is -0.384 e. The zero-order valence-electron chi connectivity index (χ0n) is 10.2. The maximum Gasteiger partial charge on any atom is 0.293 e. The van der Waals surface area contributed by atoms with E-state index < -0.39 is 24.0 Å². The number of nitrogens with one attached hydrogen (secondary N) is 1. The molecule has 1 aliphatic carbocycles. The smallest absolute Gasteiger partial charge is 0.293 e. The Bertz CT molecular complexity index is 433. The first-order valence-corrected chi connectivity index (χ1v) is 6.94. The molecule has 5 nitrogen and oxygen atoms in total. The molecule has 19 heavy (non-hydrogen) atoms. The van der Waals surface area contributed by atoms with E-state index in [0.29, 0.717) is 12.8 Å². The molecule has 2 N–H and O–H groups in total. The summed E-state index contributed by atoms with van der Waals surface area (Å²) in [6.45, 7) is -0.889. The molecule has 2 rings (SSSR count). The van der Waals surface area contributed by atoms with Crippen LogP contribution >= 0.6 is 11.5 Å². The lowest BCUT2D eigenvalue weighted by Crippen LogP contribution is -2.55. The molecule has 0 unspecified atom stereocenters. The largest absolute Gasteiger partial charge is 0.384 e. The maximum absolute atomic E-state index is 14.0. The summed E-state index contributed by atoms with van der Waals surface area (Å²) in [5.41, 5.74) is -2.00. The predicted molar refractivity (Wildman–Crippen MR) is 65.2 cm³/mol. The number of amides is 1. The van der Waals surface area contributed by atoms with Gasteiger partial charge in [0.15, 0.2) is 5.69 Å². The number of rotatable bonds is 4. The molecule has 1 saturated carbocycles. The summed E-state index contributed by atoms with van der Waals surface area (Å²) in [4.78, 5) is 11.5. The van der Waals surface area contributed by atoms with Crippen LogP contribution in [0.5, 0.6) is 0 Å². The topological polar surface area (TPSA) is 75.1 Å². The Labute approximate surface area is 113 Å². The Hall–Kier alpha value is -1.15. The van der Waals surface area contributed by atoms with Crippen LogP contribution in [0.25, 0.3) is 0 Å². The first-order chi connectivity index (χ1) is 8.95. The number of alkyl halides is 2. The SMILES string of the molecule is O=C(NCC(F)(F)C1(O)CCCCC1)c1csnn1. The summed E-state index contributed by atoms with van der Waals surface area (Å²) in [5.74, 6) is -4.04. The molecule has 0 aromatic carbocycles. The third kappa shape index (κ3) is 3.06. The number of aliphatic hydroxyl groups is 1. The second-order valence-corrected chi connectivity index (χ2v) is 5.38. The van der Waals surface area contributed by atoms with Crippen LogP contribution in [0.2, 0.25) is 0 Å². The highest BCUT2D eigenvalue weighted by Crippen LogP contribution is 2.40. The van der Waals surface area contributed by atoms with Crippen LogP contribution in [0.15, 0.2) is 5.38 Å². The zero-order chi connectivity index (χ0) is 13.9. The van der Waals surface area contributed by atoms with Crippen molar-refractivity contribution in [3.63, 3.8) is 0 Å². The molecule has 0 bridgehead atoms.